The zero-order chi connectivity index (χ0) is 17.7. The van der Waals surface area contributed by atoms with Gasteiger partial charge in [0.25, 0.3) is 0 Å². The van der Waals surface area contributed by atoms with E-state index in [9.17, 15) is 9.90 Å². The maximum absolute atomic E-state index is 11.7. The van der Waals surface area contributed by atoms with Gasteiger partial charge >= 0.3 is 5.97 Å². The van der Waals surface area contributed by atoms with Crippen molar-refractivity contribution in [2.24, 2.45) is 0 Å². The Kier molecular flexibility index (Phi) is 6.04. The van der Waals surface area contributed by atoms with Gasteiger partial charge in [-0.25, -0.2) is 4.79 Å². The fourth-order valence-corrected chi connectivity index (χ4v) is 2.52. The highest BCUT2D eigenvalue weighted by molar-refractivity contribution is 6.31. The normalized spacial score (nSPS) is 11.6. The number of hydrogen-bond donors (Lipinski definition) is 1. The summed E-state index contributed by atoms with van der Waals surface area (Å²) in [5.74, 6) is -0.381. The average Bonchev–Trinajstić information content (AvgIpc) is 2.54. The van der Waals surface area contributed by atoms with Crippen molar-refractivity contribution in [3.05, 3.63) is 64.2 Å². The zero-order valence-electron chi connectivity index (χ0n) is 14.0. The molecule has 2 aromatic rings. The molecule has 0 fully saturated rings. The van der Waals surface area contributed by atoms with E-state index < -0.39 is 5.97 Å². The third-order valence-corrected chi connectivity index (χ3v) is 3.77. The largest absolute Gasteiger partial charge is 0.490 e. The number of benzene rings is 2. The molecule has 0 bridgehead atoms. The molecule has 0 aliphatic carbocycles. The van der Waals surface area contributed by atoms with Crippen molar-refractivity contribution in [1.29, 1.82) is 0 Å². The molecule has 4 heteroatoms. The van der Waals surface area contributed by atoms with Crippen LogP contribution in [0, 0.1) is 0 Å². The Labute approximate surface area is 147 Å². The van der Waals surface area contributed by atoms with Gasteiger partial charge in [-0.3, -0.25) is 0 Å². The molecular weight excluding hydrogens is 324 g/mol. The van der Waals surface area contributed by atoms with E-state index >= 15 is 0 Å². The molecule has 0 aliphatic rings. The van der Waals surface area contributed by atoms with Gasteiger partial charge in [-0.2, -0.15) is 0 Å². The van der Waals surface area contributed by atoms with Crippen LogP contribution in [0.4, 0.5) is 0 Å². The molecule has 0 unspecified atom stereocenters. The van der Waals surface area contributed by atoms with E-state index in [0.29, 0.717) is 21.9 Å². The summed E-state index contributed by atoms with van der Waals surface area (Å²) in [4.78, 5) is 11.7. The highest BCUT2D eigenvalue weighted by Gasteiger charge is 2.13. The van der Waals surface area contributed by atoms with Gasteiger partial charge in [0.05, 0.1) is 11.7 Å². The summed E-state index contributed by atoms with van der Waals surface area (Å²) >= 11 is 6.07. The fraction of sp³-hybridized carbons (Fsp3) is 0.250. The van der Waals surface area contributed by atoms with Gasteiger partial charge in [-0.05, 0) is 55.7 Å². The van der Waals surface area contributed by atoms with Crippen LogP contribution in [0.2, 0.25) is 5.02 Å². The van der Waals surface area contributed by atoms with Crippen LogP contribution < -0.4 is 4.74 Å². The Morgan fingerprint density at radius 2 is 1.88 bits per heavy atom. The van der Waals surface area contributed by atoms with Crippen LogP contribution in [0.25, 0.3) is 11.6 Å². The summed E-state index contributed by atoms with van der Waals surface area (Å²) in [6.07, 6.45) is 2.50. The van der Waals surface area contributed by atoms with E-state index in [0.717, 1.165) is 12.0 Å². The second-order valence-corrected chi connectivity index (χ2v) is 6.20. The molecule has 24 heavy (non-hydrogen) atoms. The van der Waals surface area contributed by atoms with Crippen molar-refractivity contribution >= 4 is 29.2 Å². The molecular formula is C20H21ClO3. The van der Waals surface area contributed by atoms with Crippen LogP contribution in [0.15, 0.2) is 42.5 Å². The van der Waals surface area contributed by atoms with Gasteiger partial charge in [0.15, 0.2) is 0 Å². The molecule has 2 aromatic carbocycles. The van der Waals surface area contributed by atoms with E-state index in [1.807, 2.05) is 38.1 Å². The molecule has 0 atom stereocenters. The third-order valence-electron chi connectivity index (χ3n) is 3.54. The lowest BCUT2D eigenvalue weighted by atomic mass is 10.0. The quantitative estimate of drug-likeness (QED) is 0.570. The van der Waals surface area contributed by atoms with Crippen molar-refractivity contribution in [2.45, 2.75) is 33.3 Å². The van der Waals surface area contributed by atoms with Crippen LogP contribution in [0.1, 0.15) is 37.5 Å². The van der Waals surface area contributed by atoms with Gasteiger partial charge in [-0.1, -0.05) is 42.8 Å². The topological polar surface area (TPSA) is 46.5 Å². The number of aryl methyl sites for hydroxylation is 1. The van der Waals surface area contributed by atoms with Gasteiger partial charge in [0.2, 0.25) is 0 Å². The maximum atomic E-state index is 11.7. The lowest BCUT2D eigenvalue weighted by molar-refractivity contribution is -0.130. The minimum absolute atomic E-state index is 0.0181. The summed E-state index contributed by atoms with van der Waals surface area (Å²) in [5, 5.41) is 10.1. The monoisotopic (exact) mass is 344 g/mol. The highest BCUT2D eigenvalue weighted by atomic mass is 35.5. The number of rotatable bonds is 6. The van der Waals surface area contributed by atoms with Crippen LogP contribution in [-0.4, -0.2) is 17.2 Å². The first-order chi connectivity index (χ1) is 11.4. The van der Waals surface area contributed by atoms with Crippen LogP contribution in [0.3, 0.4) is 0 Å². The standard InChI is InChI=1S/C20H21ClO3/c1-4-14-5-7-15(8-6-14)18(20(22)23)12-16-11-17(21)9-10-19(16)24-13(2)3/h5-13H,4H2,1-3H3,(H,22,23)/b18-12-. The molecule has 0 heterocycles. The lowest BCUT2D eigenvalue weighted by Crippen LogP contribution is -2.07. The molecule has 1 N–H and O–H groups in total. The fourth-order valence-electron chi connectivity index (χ4n) is 2.34. The molecule has 0 spiro atoms. The van der Waals surface area contributed by atoms with Crippen LogP contribution in [0.5, 0.6) is 5.75 Å². The lowest BCUT2D eigenvalue weighted by Gasteiger charge is -2.13. The summed E-state index contributed by atoms with van der Waals surface area (Å²) in [6.45, 7) is 5.90. The minimum atomic E-state index is -0.991. The Morgan fingerprint density at radius 3 is 2.42 bits per heavy atom. The first-order valence-electron chi connectivity index (χ1n) is 7.91. The summed E-state index contributed by atoms with van der Waals surface area (Å²) in [5.41, 5.74) is 2.66. The molecule has 0 saturated carbocycles. The van der Waals surface area contributed by atoms with Gasteiger partial charge in [-0.15, -0.1) is 0 Å². The Balaban J connectivity index is 2.50. The van der Waals surface area contributed by atoms with Crippen LogP contribution >= 0.6 is 11.6 Å². The number of hydrogen-bond acceptors (Lipinski definition) is 2. The molecule has 126 valence electrons. The zero-order valence-corrected chi connectivity index (χ0v) is 14.8. The first-order valence-corrected chi connectivity index (χ1v) is 8.29. The van der Waals surface area contributed by atoms with Gasteiger partial charge in [0.1, 0.15) is 5.75 Å². The maximum Gasteiger partial charge on any atom is 0.336 e. The first kappa shape index (κ1) is 18.1. The van der Waals surface area contributed by atoms with E-state index in [1.54, 1.807) is 24.3 Å². The number of carboxylic acid groups (broad SMARTS) is 1. The average molecular weight is 345 g/mol. The number of carboxylic acids is 1. The molecule has 0 aromatic heterocycles. The summed E-state index contributed by atoms with van der Waals surface area (Å²) in [6, 6.07) is 12.7. The van der Waals surface area contributed by atoms with E-state index in [1.165, 1.54) is 0 Å². The van der Waals surface area contributed by atoms with Crippen molar-refractivity contribution in [2.75, 3.05) is 0 Å². The second kappa shape index (κ2) is 8.02. The second-order valence-electron chi connectivity index (χ2n) is 5.76. The van der Waals surface area contributed by atoms with Gasteiger partial charge in [0, 0.05) is 10.6 Å². The number of carbonyl (C=O) groups is 1. The SMILES string of the molecule is CCc1ccc(/C(=C/c2cc(Cl)ccc2OC(C)C)C(=O)O)cc1. The summed E-state index contributed by atoms with van der Waals surface area (Å²) in [7, 11) is 0. The molecule has 0 aliphatic heterocycles. The number of aliphatic carboxylic acids is 1. The van der Waals surface area contributed by atoms with Crippen molar-refractivity contribution < 1.29 is 14.6 Å². The number of halogens is 1. The molecule has 3 nitrogen and oxygen atoms in total. The predicted octanol–water partition coefficient (Wildman–Crippen LogP) is 5.31. The van der Waals surface area contributed by atoms with Crippen molar-refractivity contribution in [3.8, 4) is 5.75 Å². The predicted molar refractivity (Wildman–Crippen MR) is 98.5 cm³/mol. The van der Waals surface area contributed by atoms with Crippen molar-refractivity contribution in [1.82, 2.24) is 0 Å². The highest BCUT2D eigenvalue weighted by Crippen LogP contribution is 2.29. The van der Waals surface area contributed by atoms with E-state index in [-0.39, 0.29) is 11.7 Å². The molecule has 0 radical (unpaired) electrons. The van der Waals surface area contributed by atoms with Crippen LogP contribution in [-0.2, 0) is 11.2 Å². The molecule has 2 rings (SSSR count). The molecule has 0 saturated heterocycles. The smallest absolute Gasteiger partial charge is 0.336 e. The van der Waals surface area contributed by atoms with E-state index in [4.69, 9.17) is 16.3 Å². The Morgan fingerprint density at radius 1 is 1.21 bits per heavy atom. The Bertz CT molecular complexity index is 746. The number of ether oxygens (including phenoxy) is 1. The summed E-state index contributed by atoms with van der Waals surface area (Å²) < 4.78 is 5.76. The third kappa shape index (κ3) is 4.62. The minimum Gasteiger partial charge on any atom is -0.490 e. The van der Waals surface area contributed by atoms with Gasteiger partial charge < -0.3 is 9.84 Å². The Hall–Kier alpha value is -2.26. The molecule has 0 amide bonds. The van der Waals surface area contributed by atoms with Crippen molar-refractivity contribution in [3.63, 3.8) is 0 Å². The van der Waals surface area contributed by atoms with E-state index in [2.05, 4.69) is 6.92 Å².